The molecule has 0 aliphatic rings. The van der Waals surface area contributed by atoms with E-state index in [4.69, 9.17) is 0 Å². The van der Waals surface area contributed by atoms with Gasteiger partial charge in [0.25, 0.3) is 0 Å². The highest BCUT2D eigenvalue weighted by Gasteiger charge is 2.02. The van der Waals surface area contributed by atoms with Gasteiger partial charge in [0.2, 0.25) is 0 Å². The number of nitrogens with one attached hydrogen (secondary N) is 1. The summed E-state index contributed by atoms with van der Waals surface area (Å²) in [4.78, 5) is 0. The minimum Gasteiger partial charge on any atom is -0.359 e. The third kappa shape index (κ3) is 7.28. The first-order valence-corrected chi connectivity index (χ1v) is 9.81. The molecule has 0 aliphatic heterocycles. The average Bonchev–Trinajstić information content (AvgIpc) is 2.68. The Labute approximate surface area is 171 Å². The minimum absolute atomic E-state index is 0.811. The molecule has 27 heavy (non-hydrogen) atoms. The number of benzene rings is 2. The third-order valence-electron chi connectivity index (χ3n) is 4.07. The van der Waals surface area contributed by atoms with E-state index in [2.05, 4.69) is 102 Å². The van der Waals surface area contributed by atoms with Gasteiger partial charge < -0.3 is 5.32 Å². The number of aryl methyl sites for hydroxylation is 1. The normalized spacial score (nSPS) is 12.7. The highest BCUT2D eigenvalue weighted by molar-refractivity contribution is 9.10. The highest BCUT2D eigenvalue weighted by atomic mass is 79.9. The Morgan fingerprint density at radius 3 is 2.56 bits per heavy atom. The quantitative estimate of drug-likeness (QED) is 0.429. The molecule has 0 amide bonds. The van der Waals surface area contributed by atoms with Crippen molar-refractivity contribution in [3.8, 4) is 0 Å². The monoisotopic (exact) mass is 419 g/mol. The summed E-state index contributed by atoms with van der Waals surface area (Å²) in [5.41, 5.74) is 5.82. The Morgan fingerprint density at radius 2 is 1.89 bits per heavy atom. The van der Waals surface area contributed by atoms with Crippen LogP contribution in [-0.2, 0) is 0 Å². The second-order valence-electron chi connectivity index (χ2n) is 6.19. The van der Waals surface area contributed by atoms with Gasteiger partial charge in [-0.05, 0) is 48.8 Å². The van der Waals surface area contributed by atoms with E-state index in [0.717, 1.165) is 22.3 Å². The lowest BCUT2D eigenvalue weighted by Gasteiger charge is -2.13. The molecule has 0 atom stereocenters. The molecule has 138 valence electrons. The average molecular weight is 420 g/mol. The molecular weight excluding hydrogens is 394 g/mol. The maximum absolute atomic E-state index is 3.75. The summed E-state index contributed by atoms with van der Waals surface area (Å²) in [6, 6.07) is 16.6. The molecule has 1 N–H and O–H groups in total. The van der Waals surface area contributed by atoms with Gasteiger partial charge in [-0.15, -0.1) is 0 Å². The number of anilines is 1. The Balaban J connectivity index is 2.24. The summed E-state index contributed by atoms with van der Waals surface area (Å²) in [5, 5.41) is 3.55. The van der Waals surface area contributed by atoms with Gasteiger partial charge in [-0.1, -0.05) is 95.4 Å². The fourth-order valence-corrected chi connectivity index (χ4v) is 2.89. The summed E-state index contributed by atoms with van der Waals surface area (Å²) in [5.74, 6) is 0. The molecule has 2 heteroatoms. The predicted octanol–water partition coefficient (Wildman–Crippen LogP) is 7.85. The molecule has 0 fully saturated rings. The van der Waals surface area contributed by atoms with Crippen LogP contribution in [0.15, 0.2) is 107 Å². The van der Waals surface area contributed by atoms with Crippen molar-refractivity contribution in [2.24, 2.45) is 0 Å². The first-order chi connectivity index (χ1) is 13.1. The lowest BCUT2D eigenvalue weighted by molar-refractivity contribution is 1.15. The van der Waals surface area contributed by atoms with E-state index in [1.54, 1.807) is 6.08 Å². The van der Waals surface area contributed by atoms with Crippen LogP contribution in [0.2, 0.25) is 0 Å². The molecule has 0 heterocycles. The largest absolute Gasteiger partial charge is 0.359 e. The van der Waals surface area contributed by atoms with Gasteiger partial charge in [-0.3, -0.25) is 0 Å². The van der Waals surface area contributed by atoms with Crippen LogP contribution in [0.5, 0.6) is 0 Å². The highest BCUT2D eigenvalue weighted by Crippen LogP contribution is 2.23. The molecule has 0 saturated carbocycles. The molecule has 0 saturated heterocycles. The van der Waals surface area contributed by atoms with Crippen molar-refractivity contribution in [2.45, 2.75) is 20.3 Å². The summed E-state index contributed by atoms with van der Waals surface area (Å²) in [7, 11) is 0. The Hall–Kier alpha value is -2.58. The van der Waals surface area contributed by atoms with E-state index in [-0.39, 0.29) is 0 Å². The van der Waals surface area contributed by atoms with Crippen molar-refractivity contribution in [3.63, 3.8) is 0 Å². The van der Waals surface area contributed by atoms with Crippen LogP contribution < -0.4 is 5.32 Å². The van der Waals surface area contributed by atoms with E-state index in [9.17, 15) is 0 Å². The minimum atomic E-state index is 0.811. The standard InChI is InChI=1S/C25H26BrN/c1-4-6-11-21(5-2)18-23(15-10-14-22-12-8-7-9-13-22)27-24-17-16-20(3)25(26)19-24/h4-17,19,27H,1,18H2,2-3H3/b11-6-,14-10+,21-5+,23-15-. The van der Waals surface area contributed by atoms with Crippen LogP contribution in [-0.4, -0.2) is 0 Å². The van der Waals surface area contributed by atoms with Crippen LogP contribution in [0.4, 0.5) is 5.69 Å². The third-order valence-corrected chi connectivity index (χ3v) is 4.93. The molecular formula is C25H26BrN. The first kappa shape index (κ1) is 20.7. The van der Waals surface area contributed by atoms with Crippen LogP contribution in [0.25, 0.3) is 6.08 Å². The fourth-order valence-electron chi connectivity index (χ4n) is 2.51. The van der Waals surface area contributed by atoms with Gasteiger partial charge in [-0.25, -0.2) is 0 Å². The Bertz CT molecular complexity index is 870. The fraction of sp³-hybridized carbons (Fsp3) is 0.120. The van der Waals surface area contributed by atoms with E-state index >= 15 is 0 Å². The summed E-state index contributed by atoms with van der Waals surface area (Å²) < 4.78 is 1.10. The molecule has 0 radical (unpaired) electrons. The molecule has 2 aromatic carbocycles. The SMILES string of the molecule is C=C/C=C\C(=C/C)C/C(=C/C=C/c1ccccc1)Nc1ccc(C)c(Br)c1. The van der Waals surface area contributed by atoms with Crippen LogP contribution in [0.3, 0.4) is 0 Å². The molecule has 0 bridgehead atoms. The van der Waals surface area contributed by atoms with E-state index in [1.807, 2.05) is 24.3 Å². The predicted molar refractivity (Wildman–Crippen MR) is 124 cm³/mol. The van der Waals surface area contributed by atoms with Crippen molar-refractivity contribution in [2.75, 3.05) is 5.32 Å². The van der Waals surface area contributed by atoms with Gasteiger partial charge >= 0.3 is 0 Å². The summed E-state index contributed by atoms with van der Waals surface area (Å²) in [6.07, 6.45) is 15.1. The molecule has 2 rings (SSSR count). The van der Waals surface area contributed by atoms with Crippen molar-refractivity contribution < 1.29 is 0 Å². The lowest BCUT2D eigenvalue weighted by Crippen LogP contribution is -2.01. The van der Waals surface area contributed by atoms with Gasteiger partial charge in [-0.2, -0.15) is 0 Å². The topological polar surface area (TPSA) is 12.0 Å². The zero-order valence-corrected chi connectivity index (χ0v) is 17.5. The van der Waals surface area contributed by atoms with E-state index in [1.165, 1.54) is 16.7 Å². The summed E-state index contributed by atoms with van der Waals surface area (Å²) in [6.45, 7) is 7.90. The molecule has 0 aromatic heterocycles. The molecule has 0 aliphatic carbocycles. The van der Waals surface area contributed by atoms with E-state index in [0.29, 0.717) is 0 Å². The number of rotatable bonds is 8. The number of allylic oxidation sites excluding steroid dienone is 7. The molecule has 2 aromatic rings. The van der Waals surface area contributed by atoms with Gasteiger partial charge in [0, 0.05) is 22.3 Å². The maximum Gasteiger partial charge on any atom is 0.0393 e. The zero-order valence-electron chi connectivity index (χ0n) is 16.0. The molecule has 0 unspecified atom stereocenters. The second-order valence-corrected chi connectivity index (χ2v) is 7.04. The van der Waals surface area contributed by atoms with Crippen molar-refractivity contribution in [1.82, 2.24) is 0 Å². The van der Waals surface area contributed by atoms with Gasteiger partial charge in [0.1, 0.15) is 0 Å². The van der Waals surface area contributed by atoms with Crippen LogP contribution in [0.1, 0.15) is 24.5 Å². The maximum atomic E-state index is 3.75. The van der Waals surface area contributed by atoms with Crippen LogP contribution >= 0.6 is 15.9 Å². The lowest BCUT2D eigenvalue weighted by atomic mass is 10.1. The van der Waals surface area contributed by atoms with Crippen molar-refractivity contribution >= 4 is 27.7 Å². The Kier molecular flexibility index (Phi) is 8.60. The van der Waals surface area contributed by atoms with Crippen LogP contribution in [0, 0.1) is 6.92 Å². The molecule has 0 spiro atoms. The smallest absolute Gasteiger partial charge is 0.0393 e. The zero-order chi connectivity index (χ0) is 19.5. The van der Waals surface area contributed by atoms with Crippen molar-refractivity contribution in [3.05, 3.63) is 118 Å². The van der Waals surface area contributed by atoms with Gasteiger partial charge in [0.05, 0.1) is 0 Å². The second kappa shape index (κ2) is 11.2. The number of hydrogen-bond donors (Lipinski definition) is 1. The Morgan fingerprint density at radius 1 is 1.11 bits per heavy atom. The van der Waals surface area contributed by atoms with E-state index < -0.39 is 0 Å². The summed E-state index contributed by atoms with van der Waals surface area (Å²) >= 11 is 3.61. The van der Waals surface area contributed by atoms with Gasteiger partial charge in [0.15, 0.2) is 0 Å². The first-order valence-electron chi connectivity index (χ1n) is 9.02. The molecule has 1 nitrogen and oxygen atoms in total. The number of hydrogen-bond acceptors (Lipinski definition) is 1. The number of halogens is 1. The van der Waals surface area contributed by atoms with Crippen molar-refractivity contribution in [1.29, 1.82) is 0 Å².